The second-order valence-corrected chi connectivity index (χ2v) is 6.74. The summed E-state index contributed by atoms with van der Waals surface area (Å²) in [5, 5.41) is 5.09. The maximum Gasteiger partial charge on any atom is 0.317 e. The summed E-state index contributed by atoms with van der Waals surface area (Å²) in [5.41, 5.74) is 0.525. The smallest absolute Gasteiger partial charge is 0.317 e. The van der Waals surface area contributed by atoms with Crippen molar-refractivity contribution in [2.45, 2.75) is 23.7 Å². The van der Waals surface area contributed by atoms with E-state index in [9.17, 15) is 13.2 Å². The van der Waals surface area contributed by atoms with E-state index in [0.29, 0.717) is 23.8 Å². The van der Waals surface area contributed by atoms with Crippen LogP contribution in [-0.4, -0.2) is 27.6 Å². The number of esters is 1. The quantitative estimate of drug-likeness (QED) is 0.828. The minimum Gasteiger partial charge on any atom is -0.492 e. The molecule has 0 spiro atoms. The van der Waals surface area contributed by atoms with Gasteiger partial charge in [0.2, 0.25) is 10.0 Å². The van der Waals surface area contributed by atoms with E-state index in [1.165, 1.54) is 18.2 Å². The topological polar surface area (TPSA) is 95.7 Å². The third-order valence-corrected chi connectivity index (χ3v) is 4.44. The van der Waals surface area contributed by atoms with Crippen LogP contribution in [0, 0.1) is 5.92 Å². The summed E-state index contributed by atoms with van der Waals surface area (Å²) in [4.78, 5) is 12.0. The number of rotatable bonds is 4. The molecule has 1 unspecified atom stereocenters. The number of primary sulfonamides is 1. The van der Waals surface area contributed by atoms with Crippen LogP contribution in [0.15, 0.2) is 23.1 Å². The Morgan fingerprint density at radius 1 is 1.40 bits per heavy atom. The van der Waals surface area contributed by atoms with Gasteiger partial charge in [-0.05, 0) is 37.0 Å². The Balaban J connectivity index is 1.82. The predicted octanol–water partition coefficient (Wildman–Crippen LogP) is 0.763. The number of ether oxygens (including phenoxy) is 2. The van der Waals surface area contributed by atoms with Gasteiger partial charge in [0.1, 0.15) is 18.3 Å². The van der Waals surface area contributed by atoms with Crippen molar-refractivity contribution in [3.8, 4) is 5.75 Å². The first-order chi connectivity index (χ1) is 9.45. The van der Waals surface area contributed by atoms with Gasteiger partial charge >= 0.3 is 5.97 Å². The molecule has 0 saturated heterocycles. The van der Waals surface area contributed by atoms with Gasteiger partial charge in [-0.1, -0.05) is 0 Å². The maximum absolute atomic E-state index is 12.0. The van der Waals surface area contributed by atoms with Crippen LogP contribution in [-0.2, 0) is 19.6 Å². The number of hydrogen-bond acceptors (Lipinski definition) is 5. The highest BCUT2D eigenvalue weighted by Gasteiger charge is 2.34. The van der Waals surface area contributed by atoms with Crippen molar-refractivity contribution in [2.24, 2.45) is 11.1 Å². The molecule has 0 amide bonds. The highest BCUT2D eigenvalue weighted by molar-refractivity contribution is 7.89. The second-order valence-electron chi connectivity index (χ2n) is 5.18. The summed E-state index contributed by atoms with van der Waals surface area (Å²) in [5.74, 6) is 0.0370. The fourth-order valence-corrected chi connectivity index (χ4v) is 2.70. The van der Waals surface area contributed by atoms with Crippen LogP contribution in [0.1, 0.15) is 24.3 Å². The van der Waals surface area contributed by atoms with Crippen molar-refractivity contribution in [3.63, 3.8) is 0 Å². The largest absolute Gasteiger partial charge is 0.492 e. The molecule has 1 aromatic rings. The van der Waals surface area contributed by atoms with Crippen LogP contribution in [0.2, 0.25) is 0 Å². The molecule has 2 aliphatic rings. The zero-order valence-electron chi connectivity index (χ0n) is 10.7. The first-order valence-electron chi connectivity index (χ1n) is 6.41. The fraction of sp³-hybridized carbons (Fsp3) is 0.462. The fourth-order valence-electron chi connectivity index (χ4n) is 2.15. The van der Waals surface area contributed by atoms with Gasteiger partial charge in [-0.15, -0.1) is 0 Å². The van der Waals surface area contributed by atoms with Crippen molar-refractivity contribution in [3.05, 3.63) is 23.8 Å². The minimum absolute atomic E-state index is 0.0262. The van der Waals surface area contributed by atoms with Crippen LogP contribution in [0.25, 0.3) is 0 Å². The first-order valence-corrected chi connectivity index (χ1v) is 7.96. The third kappa shape index (κ3) is 2.64. The lowest BCUT2D eigenvalue weighted by molar-refractivity contribution is -0.146. The molecule has 3 rings (SSSR count). The van der Waals surface area contributed by atoms with Crippen molar-refractivity contribution in [2.75, 3.05) is 13.2 Å². The lowest BCUT2D eigenvalue weighted by Crippen LogP contribution is -2.19. The Morgan fingerprint density at radius 3 is 2.80 bits per heavy atom. The number of fused-ring (bicyclic) bond motifs is 1. The Bertz CT molecular complexity index is 651. The molecule has 7 heteroatoms. The molecule has 20 heavy (non-hydrogen) atoms. The summed E-state index contributed by atoms with van der Waals surface area (Å²) < 4.78 is 33.3. The Hall–Kier alpha value is -1.60. The van der Waals surface area contributed by atoms with E-state index in [1.54, 1.807) is 0 Å². The van der Waals surface area contributed by atoms with Gasteiger partial charge in [-0.2, -0.15) is 0 Å². The van der Waals surface area contributed by atoms with Crippen LogP contribution in [0.4, 0.5) is 0 Å². The number of carbonyl (C=O) groups excluding carboxylic acids is 1. The molecule has 1 aliphatic heterocycles. The third-order valence-electron chi connectivity index (χ3n) is 3.53. The first kappa shape index (κ1) is 13.4. The van der Waals surface area contributed by atoms with Gasteiger partial charge in [-0.25, -0.2) is 13.6 Å². The zero-order valence-corrected chi connectivity index (χ0v) is 11.6. The second kappa shape index (κ2) is 4.75. The van der Waals surface area contributed by atoms with Crippen molar-refractivity contribution >= 4 is 16.0 Å². The van der Waals surface area contributed by atoms with Crippen molar-refractivity contribution in [1.29, 1.82) is 0 Å². The molecule has 0 aromatic heterocycles. The number of benzene rings is 1. The summed E-state index contributed by atoms with van der Waals surface area (Å²) in [7, 11) is -3.80. The molecule has 1 fully saturated rings. The molecule has 6 nitrogen and oxygen atoms in total. The van der Waals surface area contributed by atoms with E-state index in [1.807, 2.05) is 0 Å². The van der Waals surface area contributed by atoms with Crippen LogP contribution in [0.3, 0.4) is 0 Å². The molecular formula is C13H15NO5S. The van der Waals surface area contributed by atoms with Gasteiger partial charge in [-0.3, -0.25) is 4.79 Å². The Morgan fingerprint density at radius 2 is 2.15 bits per heavy atom. The van der Waals surface area contributed by atoms with Gasteiger partial charge in [0.25, 0.3) is 0 Å². The van der Waals surface area contributed by atoms with Gasteiger partial charge < -0.3 is 9.47 Å². The predicted molar refractivity (Wildman–Crippen MR) is 69.7 cm³/mol. The van der Waals surface area contributed by atoms with E-state index >= 15 is 0 Å². The summed E-state index contributed by atoms with van der Waals surface area (Å²) >= 11 is 0. The summed E-state index contributed by atoms with van der Waals surface area (Å²) in [6.45, 7) is 0.604. The molecule has 1 heterocycles. The maximum atomic E-state index is 12.0. The van der Waals surface area contributed by atoms with E-state index in [2.05, 4.69) is 0 Å². The number of sulfonamides is 1. The molecule has 108 valence electrons. The van der Waals surface area contributed by atoms with Crippen molar-refractivity contribution < 1.29 is 22.7 Å². The van der Waals surface area contributed by atoms with Gasteiger partial charge in [0.15, 0.2) is 0 Å². The average Bonchev–Trinajstić information content (AvgIpc) is 3.12. The normalized spacial score (nSPS) is 21.1. The van der Waals surface area contributed by atoms with Gasteiger partial charge in [0.05, 0.1) is 11.5 Å². The SMILES string of the molecule is NS(=O)(=O)c1ccc2c(c1)C(C(=O)OCC1CC1)CO2. The minimum atomic E-state index is -3.80. The molecule has 1 aliphatic carbocycles. The standard InChI is InChI=1S/C13H15NO5S/c14-20(16,17)9-3-4-12-10(5-9)11(7-18-12)13(15)19-6-8-1-2-8/h3-5,8,11H,1-2,6-7H2,(H2,14,16,17). The lowest BCUT2D eigenvalue weighted by Gasteiger charge is -2.09. The molecule has 0 bridgehead atoms. The van der Waals surface area contributed by atoms with Crippen LogP contribution in [0.5, 0.6) is 5.75 Å². The average molecular weight is 297 g/mol. The highest BCUT2D eigenvalue weighted by atomic mass is 32.2. The molecule has 2 N–H and O–H groups in total. The molecule has 0 radical (unpaired) electrons. The zero-order chi connectivity index (χ0) is 14.3. The number of carbonyl (C=O) groups is 1. The lowest BCUT2D eigenvalue weighted by atomic mass is 10.0. The van der Waals surface area contributed by atoms with Crippen LogP contribution >= 0.6 is 0 Å². The van der Waals surface area contributed by atoms with E-state index in [0.717, 1.165) is 12.8 Å². The Labute approximate surface area is 116 Å². The van der Waals surface area contributed by atoms with Crippen LogP contribution < -0.4 is 9.88 Å². The number of nitrogens with two attached hydrogens (primary N) is 1. The van der Waals surface area contributed by atoms with E-state index in [-0.39, 0.29) is 17.5 Å². The summed E-state index contributed by atoms with van der Waals surface area (Å²) in [6.07, 6.45) is 2.20. The van der Waals surface area contributed by atoms with Crippen molar-refractivity contribution in [1.82, 2.24) is 0 Å². The monoisotopic (exact) mass is 297 g/mol. The summed E-state index contributed by atoms with van der Waals surface area (Å²) in [6, 6.07) is 4.27. The molecular weight excluding hydrogens is 282 g/mol. The molecule has 1 aromatic carbocycles. The molecule has 1 atom stereocenters. The highest BCUT2D eigenvalue weighted by Crippen LogP contribution is 2.37. The van der Waals surface area contributed by atoms with E-state index in [4.69, 9.17) is 14.6 Å². The number of hydrogen-bond donors (Lipinski definition) is 1. The van der Waals surface area contributed by atoms with E-state index < -0.39 is 15.9 Å². The van der Waals surface area contributed by atoms with Gasteiger partial charge in [0, 0.05) is 5.56 Å². The Kier molecular flexibility index (Phi) is 3.18. The molecule has 1 saturated carbocycles.